The first-order valence-electron chi connectivity index (χ1n) is 4.10. The Hall–Kier alpha value is -0.120. The molecule has 1 aliphatic rings. The van der Waals surface area contributed by atoms with Gasteiger partial charge < -0.3 is 15.2 Å². The minimum absolute atomic E-state index is 0.104. The topological polar surface area (TPSA) is 44.5 Å². The average Bonchev–Trinajstić information content (AvgIpc) is 2.40. The molecular weight excluding hydrogens is 142 g/mol. The van der Waals surface area contributed by atoms with Crippen molar-refractivity contribution >= 4 is 0 Å². The molecule has 66 valence electrons. The smallest absolute Gasteiger partial charge is 0.161 e. The lowest BCUT2D eigenvalue weighted by Gasteiger charge is -2.23. The Morgan fingerprint density at radius 1 is 1.27 bits per heavy atom. The molecule has 0 bridgehead atoms. The van der Waals surface area contributed by atoms with Gasteiger partial charge in [-0.1, -0.05) is 6.42 Å². The Labute approximate surface area is 67.9 Å². The lowest BCUT2D eigenvalue weighted by molar-refractivity contribution is -0.138. The van der Waals surface area contributed by atoms with Crippen LogP contribution in [0.4, 0.5) is 0 Å². The van der Waals surface area contributed by atoms with Gasteiger partial charge in [0, 0.05) is 26.2 Å². The zero-order chi connectivity index (χ0) is 8.27. The molecule has 0 aromatic rings. The molecule has 0 heterocycles. The highest BCUT2D eigenvalue weighted by Gasteiger charge is 2.31. The molecule has 0 aromatic carbocycles. The predicted molar refractivity (Wildman–Crippen MR) is 43.1 cm³/mol. The summed E-state index contributed by atoms with van der Waals surface area (Å²) in [5, 5.41) is 0. The molecule has 0 aromatic heterocycles. The van der Waals surface area contributed by atoms with Gasteiger partial charge in [0.2, 0.25) is 0 Å². The maximum atomic E-state index is 5.87. The van der Waals surface area contributed by atoms with E-state index in [1.165, 1.54) is 6.42 Å². The number of methoxy groups -OCH3 is 2. The molecule has 1 aliphatic carbocycles. The third kappa shape index (κ3) is 1.92. The second kappa shape index (κ2) is 4.04. The molecule has 3 heteroatoms. The van der Waals surface area contributed by atoms with Gasteiger partial charge in [0.05, 0.1) is 0 Å². The molecule has 0 aliphatic heterocycles. The maximum Gasteiger partial charge on any atom is 0.161 e. The molecule has 1 rings (SSSR count). The van der Waals surface area contributed by atoms with Crippen LogP contribution in [0.25, 0.3) is 0 Å². The van der Waals surface area contributed by atoms with Crippen molar-refractivity contribution < 1.29 is 9.47 Å². The van der Waals surface area contributed by atoms with Crippen molar-refractivity contribution in [1.82, 2.24) is 0 Å². The fourth-order valence-corrected chi connectivity index (χ4v) is 1.80. The second-order valence-electron chi connectivity index (χ2n) is 3.10. The highest BCUT2D eigenvalue weighted by Crippen LogP contribution is 2.28. The summed E-state index contributed by atoms with van der Waals surface area (Å²) in [6.45, 7) is 0. The van der Waals surface area contributed by atoms with Gasteiger partial charge >= 0.3 is 0 Å². The number of nitrogens with two attached hydrogens (primary N) is 1. The van der Waals surface area contributed by atoms with E-state index in [1.807, 2.05) is 0 Å². The van der Waals surface area contributed by atoms with Gasteiger partial charge in [0.15, 0.2) is 6.29 Å². The largest absolute Gasteiger partial charge is 0.356 e. The number of rotatable bonds is 3. The zero-order valence-electron chi connectivity index (χ0n) is 7.25. The van der Waals surface area contributed by atoms with E-state index in [2.05, 4.69) is 0 Å². The van der Waals surface area contributed by atoms with Gasteiger partial charge in [-0.15, -0.1) is 0 Å². The van der Waals surface area contributed by atoms with E-state index in [-0.39, 0.29) is 12.3 Å². The van der Waals surface area contributed by atoms with Crippen molar-refractivity contribution in [2.24, 2.45) is 11.7 Å². The summed E-state index contributed by atoms with van der Waals surface area (Å²) in [6.07, 6.45) is 3.34. The Morgan fingerprint density at radius 3 is 2.27 bits per heavy atom. The van der Waals surface area contributed by atoms with E-state index in [1.54, 1.807) is 14.2 Å². The van der Waals surface area contributed by atoms with Crippen LogP contribution in [0.1, 0.15) is 19.3 Å². The minimum Gasteiger partial charge on any atom is -0.356 e. The van der Waals surface area contributed by atoms with E-state index in [0.717, 1.165) is 12.8 Å². The Kier molecular flexibility index (Phi) is 3.30. The van der Waals surface area contributed by atoms with Crippen molar-refractivity contribution in [2.45, 2.75) is 31.6 Å². The maximum absolute atomic E-state index is 5.87. The molecule has 1 fully saturated rings. The molecule has 0 amide bonds. The monoisotopic (exact) mass is 159 g/mol. The zero-order valence-corrected chi connectivity index (χ0v) is 7.25. The van der Waals surface area contributed by atoms with Crippen LogP contribution < -0.4 is 5.73 Å². The normalized spacial score (nSPS) is 31.6. The van der Waals surface area contributed by atoms with Crippen LogP contribution in [0.2, 0.25) is 0 Å². The highest BCUT2D eigenvalue weighted by atomic mass is 16.7. The first kappa shape index (κ1) is 8.97. The van der Waals surface area contributed by atoms with Crippen LogP contribution >= 0.6 is 0 Å². The Morgan fingerprint density at radius 2 is 1.91 bits per heavy atom. The lowest BCUT2D eigenvalue weighted by atomic mass is 10.0. The summed E-state index contributed by atoms with van der Waals surface area (Å²) in [4.78, 5) is 0. The van der Waals surface area contributed by atoms with Crippen LogP contribution in [-0.4, -0.2) is 26.6 Å². The van der Waals surface area contributed by atoms with Crippen molar-refractivity contribution in [3.63, 3.8) is 0 Å². The molecule has 11 heavy (non-hydrogen) atoms. The van der Waals surface area contributed by atoms with E-state index in [9.17, 15) is 0 Å². The van der Waals surface area contributed by atoms with Crippen molar-refractivity contribution in [3.05, 3.63) is 0 Å². The number of ether oxygens (including phenoxy) is 2. The first-order valence-corrected chi connectivity index (χ1v) is 4.10. The fraction of sp³-hybridized carbons (Fsp3) is 1.00. The van der Waals surface area contributed by atoms with Crippen molar-refractivity contribution in [2.75, 3.05) is 14.2 Å². The number of hydrogen-bond acceptors (Lipinski definition) is 3. The van der Waals surface area contributed by atoms with Gasteiger partial charge in [-0.05, 0) is 12.8 Å². The van der Waals surface area contributed by atoms with Gasteiger partial charge in [-0.25, -0.2) is 0 Å². The second-order valence-corrected chi connectivity index (χ2v) is 3.10. The quantitative estimate of drug-likeness (QED) is 0.617. The molecule has 0 radical (unpaired) electrons. The molecule has 0 spiro atoms. The van der Waals surface area contributed by atoms with Crippen LogP contribution in [0.5, 0.6) is 0 Å². The van der Waals surface area contributed by atoms with Gasteiger partial charge in [0.1, 0.15) is 0 Å². The van der Waals surface area contributed by atoms with Gasteiger partial charge in [0.25, 0.3) is 0 Å². The third-order valence-corrected chi connectivity index (χ3v) is 2.44. The molecule has 1 saturated carbocycles. The summed E-state index contributed by atoms with van der Waals surface area (Å²) >= 11 is 0. The molecular formula is C8H17NO2. The fourth-order valence-electron chi connectivity index (χ4n) is 1.80. The summed E-state index contributed by atoms with van der Waals surface area (Å²) in [5.74, 6) is 0.394. The summed E-state index contributed by atoms with van der Waals surface area (Å²) < 4.78 is 10.3. The predicted octanol–water partition coefficient (Wildman–Crippen LogP) is 0.733. The highest BCUT2D eigenvalue weighted by molar-refractivity contribution is 4.82. The van der Waals surface area contributed by atoms with Crippen LogP contribution in [0.3, 0.4) is 0 Å². The Balaban J connectivity index is 2.43. The van der Waals surface area contributed by atoms with Crippen LogP contribution in [0.15, 0.2) is 0 Å². The third-order valence-electron chi connectivity index (χ3n) is 2.44. The minimum atomic E-state index is -0.104. The summed E-state index contributed by atoms with van der Waals surface area (Å²) in [5.41, 5.74) is 5.87. The van der Waals surface area contributed by atoms with E-state index in [0.29, 0.717) is 5.92 Å². The molecule has 3 nitrogen and oxygen atoms in total. The Bertz CT molecular complexity index is 115. The first-order chi connectivity index (χ1) is 5.29. The molecule has 2 atom stereocenters. The summed E-state index contributed by atoms with van der Waals surface area (Å²) in [7, 11) is 3.33. The van der Waals surface area contributed by atoms with E-state index >= 15 is 0 Å². The van der Waals surface area contributed by atoms with Crippen LogP contribution in [-0.2, 0) is 9.47 Å². The SMILES string of the molecule is COC(OC)C1CCCC1N. The molecule has 0 saturated heterocycles. The molecule has 2 unspecified atom stereocenters. The van der Waals surface area contributed by atoms with E-state index < -0.39 is 0 Å². The van der Waals surface area contributed by atoms with Crippen LogP contribution in [0, 0.1) is 5.92 Å². The number of hydrogen-bond donors (Lipinski definition) is 1. The molecule has 2 N–H and O–H groups in total. The van der Waals surface area contributed by atoms with Crippen molar-refractivity contribution in [3.8, 4) is 0 Å². The average molecular weight is 159 g/mol. The van der Waals surface area contributed by atoms with E-state index in [4.69, 9.17) is 15.2 Å². The van der Waals surface area contributed by atoms with Crippen molar-refractivity contribution in [1.29, 1.82) is 0 Å². The standard InChI is InChI=1S/C8H17NO2/c1-10-8(11-2)6-4-3-5-7(6)9/h6-8H,3-5,9H2,1-2H3. The van der Waals surface area contributed by atoms with Gasteiger partial charge in [-0.3, -0.25) is 0 Å². The summed E-state index contributed by atoms with van der Waals surface area (Å²) in [6, 6.07) is 0.264. The van der Waals surface area contributed by atoms with Gasteiger partial charge in [-0.2, -0.15) is 0 Å². The lowest BCUT2D eigenvalue weighted by Crippen LogP contribution is -2.35.